The van der Waals surface area contributed by atoms with E-state index in [9.17, 15) is 22.9 Å². The van der Waals surface area contributed by atoms with Gasteiger partial charge in [0.25, 0.3) is 16.0 Å². The number of amides is 1. The minimum Gasteiger partial charge on any atom is -0.870 e. The van der Waals surface area contributed by atoms with Crippen molar-refractivity contribution in [2.24, 2.45) is 10.2 Å². The predicted molar refractivity (Wildman–Crippen MR) is 144 cm³/mol. The minimum atomic E-state index is -4.56. The van der Waals surface area contributed by atoms with Crippen molar-refractivity contribution in [3.05, 3.63) is 81.8 Å². The molecule has 0 bridgehead atoms. The number of halogens is 2. The summed E-state index contributed by atoms with van der Waals surface area (Å²) in [6, 6.07) is 15.6. The second-order valence-electron chi connectivity index (χ2n) is 8.07. The van der Waals surface area contributed by atoms with Gasteiger partial charge in [-0.05, 0) is 47.7 Å². The van der Waals surface area contributed by atoms with E-state index in [1.165, 1.54) is 31.4 Å². The van der Waals surface area contributed by atoms with E-state index in [0.29, 0.717) is 27.2 Å². The standard InChI is InChI=1S/C26H21Cl2N3O6S.Na/c1-3-14-10-17(12-21(28)25(14)38(34,35)36)30-31-23-18-7-5-4-6-15(18)11-19(24(23)32)26(33)29-16-8-9-20(27)22(13-16)37-2;/h4-13,32H,3H2,1-2H3,(H,29,33)(H,34,35,36);/q;+1/p-1. The number of rotatable bonds is 7. The van der Waals surface area contributed by atoms with E-state index in [1.807, 2.05) is 0 Å². The molecule has 9 nitrogen and oxygen atoms in total. The number of aryl methyl sites for hydroxylation is 1. The summed E-state index contributed by atoms with van der Waals surface area (Å²) in [6.45, 7) is 1.68. The quantitative estimate of drug-likeness (QED) is 0.189. The maximum Gasteiger partial charge on any atom is 1.00 e. The summed E-state index contributed by atoms with van der Waals surface area (Å²) >= 11 is 12.2. The first-order chi connectivity index (χ1) is 18.0. The molecule has 196 valence electrons. The maximum absolute atomic E-state index is 13.4. The zero-order valence-electron chi connectivity index (χ0n) is 21.0. The predicted octanol–water partition coefficient (Wildman–Crippen LogP) is 3.71. The van der Waals surface area contributed by atoms with Crippen molar-refractivity contribution in [3.8, 4) is 11.5 Å². The molecule has 0 saturated carbocycles. The van der Waals surface area contributed by atoms with Crippen LogP contribution in [-0.4, -0.2) is 26.0 Å². The Bertz CT molecular complexity index is 1710. The Hall–Kier alpha value is -2.70. The minimum absolute atomic E-state index is 0. The smallest absolute Gasteiger partial charge is 0.870 e. The molecule has 39 heavy (non-hydrogen) atoms. The Morgan fingerprint density at radius 2 is 1.77 bits per heavy atom. The van der Waals surface area contributed by atoms with Crippen LogP contribution in [0.1, 0.15) is 22.8 Å². The maximum atomic E-state index is 13.4. The Kier molecular flexibility index (Phi) is 10.0. The molecule has 4 rings (SSSR count). The largest absolute Gasteiger partial charge is 1.00 e. The summed E-state index contributed by atoms with van der Waals surface area (Å²) in [7, 11) is -3.12. The number of benzene rings is 4. The number of carbonyl (C=O) groups is 1. The molecule has 0 aromatic heterocycles. The fourth-order valence-electron chi connectivity index (χ4n) is 3.86. The molecule has 1 amide bonds. The topological polar surface area (TPSA) is 140 Å². The number of anilines is 1. The first-order valence-corrected chi connectivity index (χ1v) is 13.3. The number of hydrogen-bond donors (Lipinski definition) is 2. The number of carbonyl (C=O) groups excluding carboxylic acids is 1. The molecule has 0 unspecified atom stereocenters. The van der Waals surface area contributed by atoms with E-state index in [4.69, 9.17) is 27.9 Å². The summed E-state index contributed by atoms with van der Waals surface area (Å²) in [5.74, 6) is -0.984. The fraction of sp³-hybridized carbons (Fsp3) is 0.115. The van der Waals surface area contributed by atoms with Gasteiger partial charge in [0.05, 0.1) is 28.5 Å². The van der Waals surface area contributed by atoms with Gasteiger partial charge in [-0.3, -0.25) is 9.35 Å². The summed E-state index contributed by atoms with van der Waals surface area (Å²) in [5, 5.41) is 25.4. The van der Waals surface area contributed by atoms with Gasteiger partial charge in [-0.1, -0.05) is 60.1 Å². The molecule has 0 aliphatic rings. The van der Waals surface area contributed by atoms with Crippen LogP contribution in [0.15, 0.2) is 75.8 Å². The van der Waals surface area contributed by atoms with Gasteiger partial charge in [0.1, 0.15) is 10.6 Å². The Balaban J connectivity index is 0.00000420. The molecule has 4 aromatic rings. The van der Waals surface area contributed by atoms with E-state index in [2.05, 4.69) is 15.5 Å². The first-order valence-electron chi connectivity index (χ1n) is 11.1. The van der Waals surface area contributed by atoms with Gasteiger partial charge in [-0.15, -0.1) is 0 Å². The van der Waals surface area contributed by atoms with Crippen molar-refractivity contribution in [1.29, 1.82) is 0 Å². The van der Waals surface area contributed by atoms with Crippen LogP contribution in [0.5, 0.6) is 11.5 Å². The molecule has 0 atom stereocenters. The second kappa shape index (κ2) is 12.6. The van der Waals surface area contributed by atoms with Crippen LogP contribution < -0.4 is 44.7 Å². The number of nitrogens with one attached hydrogen (secondary N) is 1. The molecule has 4 aromatic carbocycles. The van der Waals surface area contributed by atoms with Gasteiger partial charge in [-0.25, -0.2) is 0 Å². The first kappa shape index (κ1) is 30.8. The van der Waals surface area contributed by atoms with Gasteiger partial charge in [0.2, 0.25) is 0 Å². The average molecular weight is 596 g/mol. The van der Waals surface area contributed by atoms with Crippen LogP contribution in [0.2, 0.25) is 10.0 Å². The molecule has 0 spiro atoms. The van der Waals surface area contributed by atoms with Gasteiger partial charge in [0.15, 0.2) is 0 Å². The van der Waals surface area contributed by atoms with Crippen LogP contribution in [0.4, 0.5) is 17.1 Å². The fourth-order valence-corrected chi connectivity index (χ4v) is 5.43. The molecular weight excluding hydrogens is 576 g/mol. The summed E-state index contributed by atoms with van der Waals surface area (Å²) < 4.78 is 38.1. The molecule has 0 saturated heterocycles. The third-order valence-corrected chi connectivity index (χ3v) is 7.36. The molecule has 0 aliphatic carbocycles. The monoisotopic (exact) mass is 595 g/mol. The summed E-state index contributed by atoms with van der Waals surface area (Å²) in [4.78, 5) is 12.7. The van der Waals surface area contributed by atoms with Crippen LogP contribution in [0.3, 0.4) is 0 Å². The summed E-state index contributed by atoms with van der Waals surface area (Å²) in [5.41, 5.74) is 0.502. The van der Waals surface area contributed by atoms with E-state index >= 15 is 0 Å². The molecule has 0 heterocycles. The van der Waals surface area contributed by atoms with Crippen molar-refractivity contribution in [3.63, 3.8) is 0 Å². The van der Waals surface area contributed by atoms with E-state index < -0.39 is 26.7 Å². The van der Waals surface area contributed by atoms with Gasteiger partial charge < -0.3 is 15.2 Å². The molecular formula is C26H20Cl2N3NaO6S. The van der Waals surface area contributed by atoms with Crippen molar-refractivity contribution in [1.82, 2.24) is 0 Å². The Morgan fingerprint density at radius 1 is 1.05 bits per heavy atom. The average Bonchev–Trinajstić information content (AvgIpc) is 2.87. The van der Waals surface area contributed by atoms with Crippen molar-refractivity contribution >= 4 is 67.1 Å². The van der Waals surface area contributed by atoms with Crippen molar-refractivity contribution in [2.75, 3.05) is 12.4 Å². The van der Waals surface area contributed by atoms with E-state index in [-0.39, 0.29) is 63.5 Å². The van der Waals surface area contributed by atoms with Crippen molar-refractivity contribution in [2.45, 2.75) is 18.2 Å². The number of fused-ring (bicyclic) bond motifs is 1. The normalized spacial score (nSPS) is 11.4. The molecule has 2 N–H and O–H groups in total. The number of hydrogen-bond acceptors (Lipinski definition) is 7. The third kappa shape index (κ3) is 6.72. The van der Waals surface area contributed by atoms with Crippen LogP contribution >= 0.6 is 23.2 Å². The number of nitrogens with zero attached hydrogens (tertiary/aromatic N) is 2. The van der Waals surface area contributed by atoms with E-state index in [0.717, 1.165) is 0 Å². The van der Waals surface area contributed by atoms with Gasteiger partial charge >= 0.3 is 29.6 Å². The Morgan fingerprint density at radius 3 is 2.44 bits per heavy atom. The zero-order valence-corrected chi connectivity index (χ0v) is 25.4. The van der Waals surface area contributed by atoms with Crippen LogP contribution in [0.25, 0.3) is 10.8 Å². The molecule has 0 fully saturated rings. The number of azo groups is 1. The number of methoxy groups -OCH3 is 1. The second-order valence-corrected chi connectivity index (χ2v) is 10.2. The van der Waals surface area contributed by atoms with Crippen LogP contribution in [-0.2, 0) is 16.5 Å². The van der Waals surface area contributed by atoms with Crippen LogP contribution in [0, 0.1) is 0 Å². The zero-order chi connectivity index (χ0) is 27.6. The van der Waals surface area contributed by atoms with E-state index in [1.54, 1.807) is 43.3 Å². The summed E-state index contributed by atoms with van der Waals surface area (Å²) in [6.07, 6.45) is 0.235. The molecule has 0 radical (unpaired) electrons. The SMILES string of the molecule is CCc1cc(N=Nc2c([O-])c(C(=O)Nc3ccc(Cl)c(OC)c3)cc3ccccc23)cc(Cl)c1S(=O)(=O)O.[Na+]. The Labute approximate surface area is 256 Å². The molecule has 0 aliphatic heterocycles. The van der Waals surface area contributed by atoms with Gasteiger partial charge in [-0.2, -0.15) is 18.6 Å². The molecule has 13 heteroatoms. The van der Waals surface area contributed by atoms with Gasteiger partial charge in [0, 0.05) is 22.7 Å². The third-order valence-electron chi connectivity index (χ3n) is 5.64. The number of ether oxygens (including phenoxy) is 1. The van der Waals surface area contributed by atoms with Crippen molar-refractivity contribution < 1.29 is 57.2 Å².